The molecule has 0 radical (unpaired) electrons. The average molecular weight is 220 g/mol. The minimum Gasteiger partial charge on any atom is -0.377 e. The Labute approximate surface area is 92.3 Å². The number of hydrogen-bond acceptors (Lipinski definition) is 2. The highest BCUT2D eigenvalue weighted by atomic mass is 35.5. The first-order valence-electron chi connectivity index (χ1n) is 5.79. The van der Waals surface area contributed by atoms with Gasteiger partial charge in [-0.15, -0.1) is 11.6 Å². The van der Waals surface area contributed by atoms with E-state index in [0.717, 1.165) is 32.5 Å². The number of hydrogen-bond donors (Lipinski definition) is 1. The standard InChI is InChI=1S/C11H22ClNO/c1-2-5-10(12)8-13-9-11-6-3-4-7-14-11/h10-11,13H,2-9H2,1H3. The lowest BCUT2D eigenvalue weighted by Gasteiger charge is -2.23. The third kappa shape index (κ3) is 5.18. The zero-order valence-electron chi connectivity index (χ0n) is 9.10. The average Bonchev–Trinajstić information content (AvgIpc) is 2.20. The Hall–Kier alpha value is 0.210. The molecule has 0 bridgehead atoms. The number of ether oxygens (including phenoxy) is 1. The fourth-order valence-electron chi connectivity index (χ4n) is 1.78. The molecule has 1 saturated heterocycles. The van der Waals surface area contributed by atoms with Crippen LogP contribution in [0.5, 0.6) is 0 Å². The van der Waals surface area contributed by atoms with Crippen LogP contribution in [0.1, 0.15) is 39.0 Å². The van der Waals surface area contributed by atoms with E-state index in [4.69, 9.17) is 16.3 Å². The molecule has 1 heterocycles. The van der Waals surface area contributed by atoms with Crippen LogP contribution in [0.4, 0.5) is 0 Å². The topological polar surface area (TPSA) is 21.3 Å². The van der Waals surface area contributed by atoms with Gasteiger partial charge in [0.05, 0.1) is 6.10 Å². The van der Waals surface area contributed by atoms with Crippen molar-refractivity contribution in [1.82, 2.24) is 5.32 Å². The monoisotopic (exact) mass is 219 g/mol. The van der Waals surface area contributed by atoms with Crippen molar-refractivity contribution >= 4 is 11.6 Å². The fraction of sp³-hybridized carbons (Fsp3) is 1.00. The fourth-order valence-corrected chi connectivity index (χ4v) is 2.11. The molecule has 1 fully saturated rings. The van der Waals surface area contributed by atoms with Gasteiger partial charge in [0, 0.05) is 25.1 Å². The quantitative estimate of drug-likeness (QED) is 0.694. The number of rotatable bonds is 6. The van der Waals surface area contributed by atoms with E-state index in [-0.39, 0.29) is 5.38 Å². The molecule has 0 aliphatic carbocycles. The van der Waals surface area contributed by atoms with Gasteiger partial charge in [-0.25, -0.2) is 0 Å². The Morgan fingerprint density at radius 2 is 2.36 bits per heavy atom. The van der Waals surface area contributed by atoms with Crippen LogP contribution in [0, 0.1) is 0 Å². The second kappa shape index (κ2) is 7.49. The molecule has 0 saturated carbocycles. The summed E-state index contributed by atoms with van der Waals surface area (Å²) in [5, 5.41) is 3.66. The van der Waals surface area contributed by atoms with Gasteiger partial charge in [-0.3, -0.25) is 0 Å². The van der Waals surface area contributed by atoms with E-state index in [2.05, 4.69) is 12.2 Å². The second-order valence-electron chi connectivity index (χ2n) is 4.03. The maximum absolute atomic E-state index is 6.10. The predicted molar refractivity (Wildman–Crippen MR) is 61.0 cm³/mol. The van der Waals surface area contributed by atoms with Crippen molar-refractivity contribution in [3.63, 3.8) is 0 Å². The van der Waals surface area contributed by atoms with Gasteiger partial charge in [-0.1, -0.05) is 13.3 Å². The summed E-state index contributed by atoms with van der Waals surface area (Å²) in [4.78, 5) is 0. The molecule has 3 heteroatoms. The van der Waals surface area contributed by atoms with Crippen molar-refractivity contribution in [2.75, 3.05) is 19.7 Å². The molecule has 1 aliphatic rings. The molecular formula is C11H22ClNO. The molecule has 0 spiro atoms. The predicted octanol–water partition coefficient (Wildman–Crippen LogP) is 2.55. The van der Waals surface area contributed by atoms with Gasteiger partial charge >= 0.3 is 0 Å². The molecule has 0 aromatic heterocycles. The number of alkyl halides is 1. The summed E-state index contributed by atoms with van der Waals surface area (Å²) in [5.74, 6) is 0. The van der Waals surface area contributed by atoms with Crippen molar-refractivity contribution in [3.05, 3.63) is 0 Å². The Kier molecular flexibility index (Phi) is 6.57. The van der Waals surface area contributed by atoms with Crippen molar-refractivity contribution < 1.29 is 4.74 Å². The Balaban J connectivity index is 1.96. The van der Waals surface area contributed by atoms with E-state index >= 15 is 0 Å². The first-order valence-corrected chi connectivity index (χ1v) is 6.23. The summed E-state index contributed by atoms with van der Waals surface area (Å²) in [6.07, 6.45) is 6.42. The number of nitrogens with one attached hydrogen (secondary N) is 1. The Morgan fingerprint density at radius 1 is 1.50 bits per heavy atom. The Bertz CT molecular complexity index is 137. The van der Waals surface area contributed by atoms with Gasteiger partial charge in [-0.2, -0.15) is 0 Å². The summed E-state index contributed by atoms with van der Waals surface area (Å²) >= 11 is 6.10. The van der Waals surface area contributed by atoms with E-state index in [1.54, 1.807) is 0 Å². The largest absolute Gasteiger partial charge is 0.377 e. The van der Waals surface area contributed by atoms with Gasteiger partial charge < -0.3 is 10.1 Å². The highest BCUT2D eigenvalue weighted by Gasteiger charge is 2.13. The van der Waals surface area contributed by atoms with Gasteiger partial charge in [0.25, 0.3) is 0 Å². The molecule has 14 heavy (non-hydrogen) atoms. The first kappa shape index (κ1) is 12.3. The lowest BCUT2D eigenvalue weighted by molar-refractivity contribution is 0.0171. The molecule has 0 aromatic rings. The number of halogens is 1. The van der Waals surface area contributed by atoms with Gasteiger partial charge in [-0.05, 0) is 25.7 Å². The van der Waals surface area contributed by atoms with Crippen LogP contribution in [-0.4, -0.2) is 31.2 Å². The molecule has 1 aliphatic heterocycles. The van der Waals surface area contributed by atoms with Gasteiger partial charge in [0.2, 0.25) is 0 Å². The summed E-state index contributed by atoms with van der Waals surface area (Å²) in [7, 11) is 0. The van der Waals surface area contributed by atoms with Crippen LogP contribution in [0.25, 0.3) is 0 Å². The molecular weight excluding hydrogens is 198 g/mol. The van der Waals surface area contributed by atoms with Crippen molar-refractivity contribution in [2.45, 2.75) is 50.5 Å². The highest BCUT2D eigenvalue weighted by Crippen LogP contribution is 2.11. The molecule has 1 N–H and O–H groups in total. The van der Waals surface area contributed by atoms with Crippen molar-refractivity contribution in [2.24, 2.45) is 0 Å². The van der Waals surface area contributed by atoms with Crippen molar-refractivity contribution in [1.29, 1.82) is 0 Å². The first-order chi connectivity index (χ1) is 6.83. The summed E-state index contributed by atoms with van der Waals surface area (Å²) in [6.45, 7) is 4.98. The molecule has 2 atom stereocenters. The molecule has 2 unspecified atom stereocenters. The molecule has 0 aromatic carbocycles. The van der Waals surface area contributed by atoms with E-state index in [1.807, 2.05) is 0 Å². The van der Waals surface area contributed by atoms with Crippen LogP contribution in [0.2, 0.25) is 0 Å². The SMILES string of the molecule is CCCC(Cl)CNCC1CCCCO1. The smallest absolute Gasteiger partial charge is 0.0699 e. The summed E-state index contributed by atoms with van der Waals surface area (Å²) in [5.41, 5.74) is 0. The van der Waals surface area contributed by atoms with Gasteiger partial charge in [0.15, 0.2) is 0 Å². The van der Waals surface area contributed by atoms with E-state index in [1.165, 1.54) is 19.3 Å². The second-order valence-corrected chi connectivity index (χ2v) is 4.65. The third-order valence-electron chi connectivity index (χ3n) is 2.61. The third-order valence-corrected chi connectivity index (χ3v) is 2.99. The van der Waals surface area contributed by atoms with Crippen molar-refractivity contribution in [3.8, 4) is 0 Å². The molecule has 2 nitrogen and oxygen atoms in total. The zero-order valence-corrected chi connectivity index (χ0v) is 9.85. The van der Waals surface area contributed by atoms with Crippen LogP contribution < -0.4 is 5.32 Å². The van der Waals surface area contributed by atoms with E-state index < -0.39 is 0 Å². The normalized spacial score (nSPS) is 24.9. The van der Waals surface area contributed by atoms with Crippen LogP contribution in [0.15, 0.2) is 0 Å². The van der Waals surface area contributed by atoms with E-state index in [0.29, 0.717) is 6.10 Å². The molecule has 0 amide bonds. The molecule has 1 rings (SSSR count). The highest BCUT2D eigenvalue weighted by molar-refractivity contribution is 6.20. The van der Waals surface area contributed by atoms with E-state index in [9.17, 15) is 0 Å². The Morgan fingerprint density at radius 3 is 3.00 bits per heavy atom. The summed E-state index contributed by atoms with van der Waals surface area (Å²) < 4.78 is 5.61. The lowest BCUT2D eigenvalue weighted by Crippen LogP contribution is -2.34. The molecule has 84 valence electrons. The van der Waals surface area contributed by atoms with Gasteiger partial charge in [0.1, 0.15) is 0 Å². The van der Waals surface area contributed by atoms with Crippen LogP contribution >= 0.6 is 11.6 Å². The summed E-state index contributed by atoms with van der Waals surface area (Å²) in [6, 6.07) is 0. The zero-order chi connectivity index (χ0) is 10.2. The maximum Gasteiger partial charge on any atom is 0.0699 e. The minimum absolute atomic E-state index is 0.281. The minimum atomic E-state index is 0.281. The van der Waals surface area contributed by atoms with Crippen LogP contribution in [-0.2, 0) is 4.74 Å². The lowest BCUT2D eigenvalue weighted by atomic mass is 10.1. The van der Waals surface area contributed by atoms with Crippen LogP contribution in [0.3, 0.4) is 0 Å². The maximum atomic E-state index is 6.10.